The Morgan fingerprint density at radius 3 is 2.51 bits per heavy atom. The monoisotopic (exact) mass is 679 g/mol. The molecule has 1 heterocycles. The standard InChI is InChI=1S/C34H29Cl2F2N5O4/c35-25-9-12-27(28(36)17-25)31-34(18-23-4-1-2-5-24(23)20-41-43-39,33(45)40-19-21-6-13-29(37)30(38)16-21)42-32(47-31)22-7-10-26(11-8-22)46-15-3-14-44/h1-2,4-13,16-17,31,44H,3,14-15,18-20H2,(H,40,45)/t31-,34-/m1/s1. The van der Waals surface area contributed by atoms with Crippen LogP contribution in [0, 0.1) is 11.6 Å². The van der Waals surface area contributed by atoms with E-state index in [0.717, 1.165) is 12.1 Å². The predicted octanol–water partition coefficient (Wildman–Crippen LogP) is 7.66. The first-order valence-corrected chi connectivity index (χ1v) is 15.3. The number of aliphatic hydroxyl groups excluding tert-OH is 1. The molecule has 0 aromatic heterocycles. The number of aliphatic hydroxyl groups is 1. The number of nitrogens with one attached hydrogen (secondary N) is 1. The van der Waals surface area contributed by atoms with Gasteiger partial charge in [-0.05, 0) is 70.8 Å². The average molecular weight is 681 g/mol. The van der Waals surface area contributed by atoms with E-state index in [2.05, 4.69) is 15.3 Å². The van der Waals surface area contributed by atoms with Crippen LogP contribution >= 0.6 is 23.2 Å². The second kappa shape index (κ2) is 15.3. The topological polar surface area (TPSA) is 129 Å². The third-order valence-corrected chi connectivity index (χ3v) is 8.16. The Morgan fingerprint density at radius 1 is 1.04 bits per heavy atom. The Hall–Kier alpha value is -4.67. The van der Waals surface area contributed by atoms with Crippen molar-refractivity contribution in [1.29, 1.82) is 0 Å². The van der Waals surface area contributed by atoms with Gasteiger partial charge >= 0.3 is 0 Å². The lowest BCUT2D eigenvalue weighted by Crippen LogP contribution is -2.50. The summed E-state index contributed by atoms with van der Waals surface area (Å²) in [4.78, 5) is 22.3. The molecule has 1 aliphatic heterocycles. The van der Waals surface area contributed by atoms with E-state index >= 15 is 0 Å². The molecule has 0 saturated heterocycles. The van der Waals surface area contributed by atoms with E-state index in [4.69, 9.17) is 48.3 Å². The van der Waals surface area contributed by atoms with Crippen LogP contribution in [0.5, 0.6) is 5.75 Å². The Balaban J connectivity index is 1.62. The zero-order valence-corrected chi connectivity index (χ0v) is 26.4. The van der Waals surface area contributed by atoms with Crippen LogP contribution in [0.4, 0.5) is 8.78 Å². The number of hydrogen-bond acceptors (Lipinski definition) is 6. The maximum Gasteiger partial charge on any atom is 0.252 e. The number of carbonyl (C=O) groups is 1. The van der Waals surface area contributed by atoms with E-state index in [0.29, 0.717) is 51.6 Å². The Labute approximate surface area is 279 Å². The molecule has 47 heavy (non-hydrogen) atoms. The summed E-state index contributed by atoms with van der Waals surface area (Å²) in [6.45, 7) is 0.231. The summed E-state index contributed by atoms with van der Waals surface area (Å²) < 4.78 is 39.8. The molecule has 2 N–H and O–H groups in total. The van der Waals surface area contributed by atoms with Gasteiger partial charge in [0.05, 0.1) is 13.2 Å². The fourth-order valence-electron chi connectivity index (χ4n) is 5.24. The second-order valence-electron chi connectivity index (χ2n) is 10.7. The van der Waals surface area contributed by atoms with Gasteiger partial charge in [-0.1, -0.05) is 64.7 Å². The van der Waals surface area contributed by atoms with E-state index in [1.54, 1.807) is 60.7 Å². The van der Waals surface area contributed by atoms with Gasteiger partial charge in [0, 0.05) is 52.1 Å². The minimum absolute atomic E-state index is 0.00358. The first-order valence-electron chi connectivity index (χ1n) is 14.6. The first-order chi connectivity index (χ1) is 22.7. The number of hydrogen-bond donors (Lipinski definition) is 2. The number of azide groups is 1. The van der Waals surface area contributed by atoms with Crippen LogP contribution in [0.15, 0.2) is 95.0 Å². The second-order valence-corrected chi connectivity index (χ2v) is 11.6. The van der Waals surface area contributed by atoms with Crippen molar-refractivity contribution in [3.63, 3.8) is 0 Å². The molecule has 1 amide bonds. The fraction of sp³-hybridized carbons (Fsp3) is 0.235. The minimum atomic E-state index is -1.69. The molecule has 2 atom stereocenters. The molecule has 0 spiro atoms. The summed E-state index contributed by atoms with van der Waals surface area (Å²) in [5, 5.41) is 16.2. The van der Waals surface area contributed by atoms with E-state index in [-0.39, 0.29) is 37.0 Å². The molecule has 5 rings (SSSR count). The summed E-state index contributed by atoms with van der Waals surface area (Å²) in [6.07, 6.45) is -0.603. The van der Waals surface area contributed by atoms with Crippen LogP contribution < -0.4 is 10.1 Å². The summed E-state index contributed by atoms with van der Waals surface area (Å²) in [6, 6.07) is 22.3. The lowest BCUT2D eigenvalue weighted by molar-refractivity contribution is -0.129. The van der Waals surface area contributed by atoms with Crippen LogP contribution in [0.2, 0.25) is 10.0 Å². The smallest absolute Gasteiger partial charge is 0.252 e. The normalized spacial score (nSPS) is 17.0. The van der Waals surface area contributed by atoms with Gasteiger partial charge in [-0.15, -0.1) is 0 Å². The van der Waals surface area contributed by atoms with Crippen molar-refractivity contribution >= 4 is 35.0 Å². The quantitative estimate of drug-likeness (QED) is 0.0650. The molecular formula is C34H29Cl2F2N5O4. The number of aliphatic imine (C=N–C) groups is 1. The lowest BCUT2D eigenvalue weighted by Gasteiger charge is -2.32. The van der Waals surface area contributed by atoms with Crippen molar-refractivity contribution in [1.82, 2.24) is 5.32 Å². The van der Waals surface area contributed by atoms with Gasteiger partial charge in [0.2, 0.25) is 5.90 Å². The number of halogens is 4. The maximum atomic E-state index is 14.5. The molecule has 0 aliphatic carbocycles. The molecule has 0 radical (unpaired) electrons. The Bertz CT molecular complexity index is 1840. The molecular weight excluding hydrogens is 651 g/mol. The molecule has 13 heteroatoms. The number of carbonyl (C=O) groups excluding carboxylic acids is 1. The zero-order valence-electron chi connectivity index (χ0n) is 24.9. The van der Waals surface area contributed by atoms with E-state index in [9.17, 15) is 13.6 Å². The maximum absolute atomic E-state index is 14.5. The van der Waals surface area contributed by atoms with Gasteiger partial charge in [0.15, 0.2) is 23.3 Å². The highest BCUT2D eigenvalue weighted by molar-refractivity contribution is 6.35. The molecule has 0 saturated carbocycles. The zero-order chi connectivity index (χ0) is 33.4. The number of rotatable bonds is 13. The molecule has 4 aromatic rings. The van der Waals surface area contributed by atoms with Gasteiger partial charge in [0.25, 0.3) is 5.91 Å². The van der Waals surface area contributed by atoms with Crippen LogP contribution in [-0.4, -0.2) is 35.7 Å². The molecule has 9 nitrogen and oxygen atoms in total. The largest absolute Gasteiger partial charge is 0.494 e. The van der Waals surface area contributed by atoms with Crippen molar-refractivity contribution in [2.45, 2.75) is 37.6 Å². The summed E-state index contributed by atoms with van der Waals surface area (Å²) >= 11 is 12.9. The molecule has 0 fully saturated rings. The molecule has 4 aromatic carbocycles. The van der Waals surface area contributed by atoms with Gasteiger partial charge in [0.1, 0.15) is 5.75 Å². The highest BCUT2D eigenvalue weighted by atomic mass is 35.5. The Morgan fingerprint density at radius 2 is 1.81 bits per heavy atom. The highest BCUT2D eigenvalue weighted by Crippen LogP contribution is 2.45. The average Bonchev–Trinajstić information content (AvgIpc) is 3.45. The minimum Gasteiger partial charge on any atom is -0.494 e. The number of nitrogens with zero attached hydrogens (tertiary/aromatic N) is 4. The van der Waals surface area contributed by atoms with Crippen molar-refractivity contribution in [3.05, 3.63) is 145 Å². The SMILES string of the molecule is [N-]=[N+]=NCc1ccccc1C[C@@]1(C(=O)NCc2ccc(F)c(F)c2)N=C(c2ccc(OCCCO)cc2)O[C@@H]1c1ccc(Cl)cc1Cl. The van der Waals surface area contributed by atoms with Crippen LogP contribution in [0.25, 0.3) is 10.4 Å². The van der Waals surface area contributed by atoms with E-state index in [1.807, 2.05) is 0 Å². The molecule has 0 bridgehead atoms. The Kier molecular flexibility index (Phi) is 11.0. The predicted molar refractivity (Wildman–Crippen MR) is 174 cm³/mol. The number of ether oxygens (including phenoxy) is 2. The number of benzene rings is 4. The van der Waals surface area contributed by atoms with Crippen molar-refractivity contribution < 1.29 is 28.2 Å². The lowest BCUT2D eigenvalue weighted by atomic mass is 9.80. The number of amides is 1. The van der Waals surface area contributed by atoms with Gasteiger partial charge in [-0.2, -0.15) is 0 Å². The van der Waals surface area contributed by atoms with Crippen LogP contribution in [-0.2, 0) is 29.0 Å². The first kappa shape index (κ1) is 33.7. The molecule has 1 aliphatic rings. The van der Waals surface area contributed by atoms with E-state index < -0.39 is 29.2 Å². The van der Waals surface area contributed by atoms with Gasteiger partial charge in [-0.25, -0.2) is 13.8 Å². The van der Waals surface area contributed by atoms with Crippen molar-refractivity contribution in [3.8, 4) is 5.75 Å². The van der Waals surface area contributed by atoms with Gasteiger partial charge in [-0.3, -0.25) is 4.79 Å². The van der Waals surface area contributed by atoms with Crippen LogP contribution in [0.3, 0.4) is 0 Å². The summed E-state index contributed by atoms with van der Waals surface area (Å²) in [7, 11) is 0. The molecule has 0 unspecified atom stereocenters. The van der Waals surface area contributed by atoms with E-state index in [1.165, 1.54) is 12.1 Å². The fourth-order valence-corrected chi connectivity index (χ4v) is 5.75. The van der Waals surface area contributed by atoms with Gasteiger partial charge < -0.3 is 19.9 Å². The highest BCUT2D eigenvalue weighted by Gasteiger charge is 2.54. The summed E-state index contributed by atoms with van der Waals surface area (Å²) in [5.74, 6) is -1.90. The summed E-state index contributed by atoms with van der Waals surface area (Å²) in [5.41, 5.74) is 9.97. The van der Waals surface area contributed by atoms with Crippen LogP contribution in [0.1, 0.15) is 40.3 Å². The van der Waals surface area contributed by atoms with Crippen molar-refractivity contribution in [2.75, 3.05) is 13.2 Å². The van der Waals surface area contributed by atoms with Crippen molar-refractivity contribution in [2.24, 2.45) is 10.1 Å². The third-order valence-electron chi connectivity index (χ3n) is 7.59. The third kappa shape index (κ3) is 7.84. The molecule has 242 valence electrons.